The molecule has 0 saturated heterocycles. The Morgan fingerprint density at radius 3 is 1.85 bits per heavy atom. The van der Waals surface area contributed by atoms with Crippen molar-refractivity contribution in [3.63, 3.8) is 0 Å². The van der Waals surface area contributed by atoms with Crippen molar-refractivity contribution in [2.24, 2.45) is 0 Å². The van der Waals surface area contributed by atoms with Crippen LogP contribution in [0, 0.1) is 0 Å². The molecular formula is C44H27BrN2. The molecule has 0 bridgehead atoms. The summed E-state index contributed by atoms with van der Waals surface area (Å²) in [5.41, 5.74) is 16.8. The maximum absolute atomic E-state index is 5.18. The number of halogens is 1. The minimum Gasteiger partial charge on any atom is -0.292 e. The summed E-state index contributed by atoms with van der Waals surface area (Å²) in [7, 11) is 0. The summed E-state index contributed by atoms with van der Waals surface area (Å²) >= 11 is 3.94. The van der Waals surface area contributed by atoms with Crippen LogP contribution in [0.25, 0.3) is 61.5 Å². The number of imidazole rings is 1. The molecule has 0 fully saturated rings. The fourth-order valence-electron chi connectivity index (χ4n) is 8.32. The van der Waals surface area contributed by atoms with Crippen molar-refractivity contribution in [2.75, 3.05) is 0 Å². The number of para-hydroxylation sites is 3. The molecule has 7 aromatic carbocycles. The van der Waals surface area contributed by atoms with Crippen LogP contribution in [0.2, 0.25) is 0 Å². The van der Waals surface area contributed by atoms with E-state index in [4.69, 9.17) is 4.98 Å². The van der Waals surface area contributed by atoms with Gasteiger partial charge < -0.3 is 0 Å². The molecule has 2 aliphatic rings. The Bertz CT molecular complexity index is 2540. The second-order valence-corrected chi connectivity index (χ2v) is 13.3. The molecule has 0 saturated carbocycles. The molecule has 0 amide bonds. The number of benzene rings is 7. The predicted molar refractivity (Wildman–Crippen MR) is 196 cm³/mol. The van der Waals surface area contributed by atoms with E-state index in [-0.39, 0.29) is 0 Å². The second kappa shape index (κ2) is 9.99. The molecule has 1 spiro atoms. The molecule has 1 unspecified atom stereocenters. The summed E-state index contributed by atoms with van der Waals surface area (Å²) < 4.78 is 3.41. The first-order valence-electron chi connectivity index (χ1n) is 16.0. The van der Waals surface area contributed by atoms with E-state index in [1.54, 1.807) is 0 Å². The molecule has 10 rings (SSSR count). The van der Waals surface area contributed by atoms with Crippen molar-refractivity contribution >= 4 is 27.0 Å². The van der Waals surface area contributed by atoms with Crippen LogP contribution in [0.15, 0.2) is 168 Å². The van der Waals surface area contributed by atoms with E-state index in [9.17, 15) is 0 Å². The van der Waals surface area contributed by atoms with Gasteiger partial charge in [-0.15, -0.1) is 0 Å². The Morgan fingerprint density at radius 2 is 1.04 bits per heavy atom. The first-order chi connectivity index (χ1) is 23.2. The van der Waals surface area contributed by atoms with Gasteiger partial charge in [0.1, 0.15) is 5.82 Å². The van der Waals surface area contributed by atoms with E-state index < -0.39 is 5.41 Å². The van der Waals surface area contributed by atoms with Crippen molar-refractivity contribution in [1.29, 1.82) is 0 Å². The van der Waals surface area contributed by atoms with Crippen molar-refractivity contribution in [1.82, 2.24) is 9.55 Å². The average Bonchev–Trinajstić information content (AvgIpc) is 3.77. The lowest BCUT2D eigenvalue weighted by molar-refractivity contribution is 0.793. The van der Waals surface area contributed by atoms with Gasteiger partial charge in [-0.1, -0.05) is 143 Å². The molecule has 8 aromatic rings. The number of aromatic nitrogens is 2. The van der Waals surface area contributed by atoms with Crippen LogP contribution in [-0.2, 0) is 5.41 Å². The molecule has 0 radical (unpaired) electrons. The molecule has 2 nitrogen and oxygen atoms in total. The molecule has 1 atom stereocenters. The monoisotopic (exact) mass is 662 g/mol. The molecule has 3 heteroatoms. The van der Waals surface area contributed by atoms with E-state index in [0.29, 0.717) is 0 Å². The summed E-state index contributed by atoms with van der Waals surface area (Å²) in [6.07, 6.45) is 0. The third-order valence-corrected chi connectivity index (χ3v) is 10.8. The Morgan fingerprint density at radius 1 is 0.468 bits per heavy atom. The third-order valence-electron chi connectivity index (χ3n) is 10.1. The highest BCUT2D eigenvalue weighted by Gasteiger charge is 2.52. The minimum absolute atomic E-state index is 0.392. The van der Waals surface area contributed by atoms with Crippen LogP contribution in [0.5, 0.6) is 0 Å². The standard InChI is InChI=1S/C44H27BrN2/c45-38-24-12-23-37-42(38)33-18-5-7-21-35(33)44(37)34-20-6-4-17-32(34)41-31(19-11-22-36(41)44)28-13-10-14-29(27-28)43-46-39-25-8-9-26-40(39)47(43)30-15-2-1-3-16-30/h1-27H. The lowest BCUT2D eigenvalue weighted by atomic mass is 9.70. The molecular weight excluding hydrogens is 636 g/mol. The van der Waals surface area contributed by atoms with Gasteiger partial charge in [-0.05, 0) is 86.5 Å². The Labute approximate surface area is 281 Å². The van der Waals surface area contributed by atoms with Gasteiger partial charge in [-0.2, -0.15) is 0 Å². The van der Waals surface area contributed by atoms with Crippen LogP contribution >= 0.6 is 15.9 Å². The number of nitrogens with zero attached hydrogens (tertiary/aromatic N) is 2. The Balaban J connectivity index is 1.23. The van der Waals surface area contributed by atoms with Gasteiger partial charge >= 0.3 is 0 Å². The smallest absolute Gasteiger partial charge is 0.145 e. The van der Waals surface area contributed by atoms with Gasteiger partial charge in [0.05, 0.1) is 16.4 Å². The maximum atomic E-state index is 5.18. The second-order valence-electron chi connectivity index (χ2n) is 12.4. The molecule has 1 heterocycles. The first-order valence-corrected chi connectivity index (χ1v) is 16.8. The number of hydrogen-bond acceptors (Lipinski definition) is 1. The largest absolute Gasteiger partial charge is 0.292 e. The zero-order chi connectivity index (χ0) is 31.1. The van der Waals surface area contributed by atoms with Crippen LogP contribution in [0.1, 0.15) is 22.3 Å². The SMILES string of the molecule is Brc1cccc2c1-c1ccccc1C21c2ccccc2-c2c(-c3cccc(-c4nc5ccccc5n4-c4ccccc4)c3)cccc21. The van der Waals surface area contributed by atoms with Gasteiger partial charge in [0.2, 0.25) is 0 Å². The quantitative estimate of drug-likeness (QED) is 0.184. The molecule has 0 N–H and O–H groups in total. The van der Waals surface area contributed by atoms with Crippen molar-refractivity contribution in [3.05, 3.63) is 191 Å². The first kappa shape index (κ1) is 26.7. The lowest BCUT2D eigenvalue weighted by Crippen LogP contribution is -2.25. The average molecular weight is 664 g/mol. The minimum atomic E-state index is -0.392. The van der Waals surface area contributed by atoms with Gasteiger partial charge in [0.15, 0.2) is 0 Å². The number of hydrogen-bond donors (Lipinski definition) is 0. The third kappa shape index (κ3) is 3.58. The lowest BCUT2D eigenvalue weighted by Gasteiger charge is -2.30. The number of fused-ring (bicyclic) bond motifs is 11. The van der Waals surface area contributed by atoms with Gasteiger partial charge in [0, 0.05) is 21.3 Å². The molecule has 2 aliphatic carbocycles. The van der Waals surface area contributed by atoms with Crippen LogP contribution in [0.4, 0.5) is 0 Å². The zero-order valence-electron chi connectivity index (χ0n) is 25.4. The van der Waals surface area contributed by atoms with Crippen LogP contribution in [-0.4, -0.2) is 9.55 Å². The van der Waals surface area contributed by atoms with Crippen LogP contribution in [0.3, 0.4) is 0 Å². The van der Waals surface area contributed by atoms with Gasteiger partial charge in [-0.3, -0.25) is 4.57 Å². The molecule has 47 heavy (non-hydrogen) atoms. The van der Waals surface area contributed by atoms with Crippen molar-refractivity contribution in [3.8, 4) is 50.5 Å². The topological polar surface area (TPSA) is 17.8 Å². The molecule has 1 aromatic heterocycles. The maximum Gasteiger partial charge on any atom is 0.145 e. The fraction of sp³-hybridized carbons (Fsp3) is 0.0227. The van der Waals surface area contributed by atoms with Gasteiger partial charge in [0.25, 0.3) is 0 Å². The Hall–Kier alpha value is -5.51. The van der Waals surface area contributed by atoms with E-state index >= 15 is 0 Å². The van der Waals surface area contributed by atoms with E-state index in [0.717, 1.165) is 32.6 Å². The van der Waals surface area contributed by atoms with E-state index in [1.807, 2.05) is 0 Å². The van der Waals surface area contributed by atoms with E-state index in [1.165, 1.54) is 55.6 Å². The highest BCUT2D eigenvalue weighted by Crippen LogP contribution is 2.64. The number of rotatable bonds is 3. The van der Waals surface area contributed by atoms with Gasteiger partial charge in [-0.25, -0.2) is 4.98 Å². The highest BCUT2D eigenvalue weighted by molar-refractivity contribution is 9.10. The van der Waals surface area contributed by atoms with Crippen molar-refractivity contribution in [2.45, 2.75) is 5.41 Å². The molecule has 0 aliphatic heterocycles. The zero-order valence-corrected chi connectivity index (χ0v) is 26.9. The summed E-state index contributed by atoms with van der Waals surface area (Å²) in [6.45, 7) is 0. The summed E-state index contributed by atoms with van der Waals surface area (Å²) in [6, 6.07) is 59.4. The van der Waals surface area contributed by atoms with E-state index in [2.05, 4.69) is 184 Å². The highest BCUT2D eigenvalue weighted by atomic mass is 79.9. The summed E-state index contributed by atoms with van der Waals surface area (Å²) in [4.78, 5) is 5.18. The summed E-state index contributed by atoms with van der Waals surface area (Å²) in [5.74, 6) is 0.937. The normalized spacial score (nSPS) is 15.4. The summed E-state index contributed by atoms with van der Waals surface area (Å²) in [5, 5.41) is 0. The Kier molecular flexibility index (Phi) is 5.67. The fourth-order valence-corrected chi connectivity index (χ4v) is 8.90. The van der Waals surface area contributed by atoms with Crippen LogP contribution < -0.4 is 0 Å². The molecule has 220 valence electrons. The van der Waals surface area contributed by atoms with Crippen molar-refractivity contribution < 1.29 is 0 Å². The predicted octanol–water partition coefficient (Wildman–Crippen LogP) is 11.5.